The quantitative estimate of drug-likeness (QED) is 0.696. The van der Waals surface area contributed by atoms with E-state index in [-0.39, 0.29) is 0 Å². The molecule has 4 nitrogen and oxygen atoms in total. The number of benzene rings is 2. The fourth-order valence-corrected chi connectivity index (χ4v) is 1.93. The topological polar surface area (TPSA) is 77.8 Å². The molecule has 0 saturated heterocycles. The predicted molar refractivity (Wildman–Crippen MR) is 81.7 cm³/mol. The van der Waals surface area contributed by atoms with Crippen molar-refractivity contribution < 1.29 is 0 Å². The fourth-order valence-electron chi connectivity index (χ4n) is 1.93. The van der Waals surface area contributed by atoms with Crippen molar-refractivity contribution in [2.75, 3.05) is 11.5 Å². The summed E-state index contributed by atoms with van der Waals surface area (Å²) < 4.78 is 0. The molecule has 4 heteroatoms. The molecule has 0 spiro atoms. The van der Waals surface area contributed by atoms with Gasteiger partial charge in [-0.15, -0.1) is 0 Å². The van der Waals surface area contributed by atoms with Crippen LogP contribution in [0.4, 0.5) is 11.4 Å². The third kappa shape index (κ3) is 2.44. The van der Waals surface area contributed by atoms with E-state index in [4.69, 9.17) is 11.5 Å². The highest BCUT2D eigenvalue weighted by molar-refractivity contribution is 5.65. The molecule has 1 heterocycles. The minimum atomic E-state index is 0.736. The highest BCUT2D eigenvalue weighted by Gasteiger charge is 2.03. The van der Waals surface area contributed by atoms with Crippen molar-refractivity contribution in [3.05, 3.63) is 60.9 Å². The average molecular weight is 262 g/mol. The SMILES string of the molecule is Nc1ccc(-c2cnc(-c3ccc(N)cc3)cn2)cc1. The van der Waals surface area contributed by atoms with Gasteiger partial charge in [-0.1, -0.05) is 24.3 Å². The van der Waals surface area contributed by atoms with Crippen LogP contribution < -0.4 is 11.5 Å². The highest BCUT2D eigenvalue weighted by Crippen LogP contribution is 2.21. The van der Waals surface area contributed by atoms with E-state index < -0.39 is 0 Å². The molecule has 0 saturated carbocycles. The van der Waals surface area contributed by atoms with Gasteiger partial charge in [0.1, 0.15) is 0 Å². The largest absolute Gasteiger partial charge is 0.399 e. The maximum atomic E-state index is 5.67. The summed E-state index contributed by atoms with van der Waals surface area (Å²) in [6.07, 6.45) is 3.52. The Balaban J connectivity index is 1.91. The number of rotatable bonds is 2. The van der Waals surface area contributed by atoms with Gasteiger partial charge < -0.3 is 11.5 Å². The monoisotopic (exact) mass is 262 g/mol. The van der Waals surface area contributed by atoms with E-state index in [1.165, 1.54) is 0 Å². The summed E-state index contributed by atoms with van der Waals surface area (Å²) in [5.41, 5.74) is 16.5. The van der Waals surface area contributed by atoms with Crippen molar-refractivity contribution >= 4 is 11.4 Å². The summed E-state index contributed by atoms with van der Waals surface area (Å²) in [7, 11) is 0. The van der Waals surface area contributed by atoms with Crippen LogP contribution in [0.2, 0.25) is 0 Å². The molecule has 0 atom stereocenters. The summed E-state index contributed by atoms with van der Waals surface area (Å²) in [5, 5.41) is 0. The molecule has 0 aliphatic rings. The van der Waals surface area contributed by atoms with Gasteiger partial charge in [-0.3, -0.25) is 9.97 Å². The van der Waals surface area contributed by atoms with E-state index in [9.17, 15) is 0 Å². The molecule has 0 unspecified atom stereocenters. The van der Waals surface area contributed by atoms with E-state index in [0.717, 1.165) is 33.9 Å². The van der Waals surface area contributed by atoms with E-state index in [2.05, 4.69) is 9.97 Å². The molecule has 98 valence electrons. The second-order valence-corrected chi connectivity index (χ2v) is 4.53. The van der Waals surface area contributed by atoms with Crippen LogP contribution in [0.25, 0.3) is 22.5 Å². The van der Waals surface area contributed by atoms with E-state index in [1.54, 1.807) is 12.4 Å². The Morgan fingerprint density at radius 3 is 1.20 bits per heavy atom. The third-order valence-electron chi connectivity index (χ3n) is 3.06. The molecule has 0 bridgehead atoms. The van der Waals surface area contributed by atoms with Crippen LogP contribution in [-0.2, 0) is 0 Å². The molecule has 0 radical (unpaired) electrons. The van der Waals surface area contributed by atoms with Gasteiger partial charge in [0.25, 0.3) is 0 Å². The van der Waals surface area contributed by atoms with Crippen LogP contribution in [0.1, 0.15) is 0 Å². The normalized spacial score (nSPS) is 10.4. The number of anilines is 2. The molecule has 20 heavy (non-hydrogen) atoms. The van der Waals surface area contributed by atoms with Crippen LogP contribution in [0.3, 0.4) is 0 Å². The summed E-state index contributed by atoms with van der Waals surface area (Å²) in [6.45, 7) is 0. The van der Waals surface area contributed by atoms with Gasteiger partial charge in [-0.2, -0.15) is 0 Å². The van der Waals surface area contributed by atoms with Crippen molar-refractivity contribution in [3.63, 3.8) is 0 Å². The molecule has 3 aromatic rings. The van der Waals surface area contributed by atoms with Crippen LogP contribution in [0.5, 0.6) is 0 Å². The molecule has 4 N–H and O–H groups in total. The van der Waals surface area contributed by atoms with Gasteiger partial charge in [0.15, 0.2) is 0 Å². The average Bonchev–Trinajstić information content (AvgIpc) is 2.49. The van der Waals surface area contributed by atoms with Gasteiger partial charge in [-0.05, 0) is 24.3 Å². The summed E-state index contributed by atoms with van der Waals surface area (Å²) >= 11 is 0. The fraction of sp³-hybridized carbons (Fsp3) is 0. The lowest BCUT2D eigenvalue weighted by atomic mass is 10.1. The molecular formula is C16H14N4. The number of hydrogen-bond acceptors (Lipinski definition) is 4. The standard InChI is InChI=1S/C16H14N4/c17-13-5-1-11(2-6-13)15-9-20-16(10-19-15)12-3-7-14(18)8-4-12/h1-10H,17-18H2. The first-order valence-corrected chi connectivity index (χ1v) is 6.26. The van der Waals surface area contributed by atoms with E-state index >= 15 is 0 Å². The zero-order chi connectivity index (χ0) is 13.9. The van der Waals surface area contributed by atoms with Gasteiger partial charge >= 0.3 is 0 Å². The smallest absolute Gasteiger partial charge is 0.0885 e. The second-order valence-electron chi connectivity index (χ2n) is 4.53. The summed E-state index contributed by atoms with van der Waals surface area (Å²) in [4.78, 5) is 8.89. The molecule has 0 aliphatic heterocycles. The Labute approximate surface area is 117 Å². The maximum Gasteiger partial charge on any atom is 0.0885 e. The number of aromatic nitrogens is 2. The zero-order valence-electron chi connectivity index (χ0n) is 10.8. The molecule has 1 aromatic heterocycles. The van der Waals surface area contributed by atoms with Crippen molar-refractivity contribution in [1.82, 2.24) is 9.97 Å². The first kappa shape index (κ1) is 12.2. The van der Waals surface area contributed by atoms with Crippen molar-refractivity contribution in [1.29, 1.82) is 0 Å². The van der Waals surface area contributed by atoms with Crippen LogP contribution >= 0.6 is 0 Å². The van der Waals surface area contributed by atoms with Crippen molar-refractivity contribution in [3.8, 4) is 22.5 Å². The predicted octanol–water partition coefficient (Wildman–Crippen LogP) is 2.98. The Kier molecular flexibility index (Phi) is 3.05. The first-order valence-electron chi connectivity index (χ1n) is 6.26. The van der Waals surface area contributed by atoms with Crippen molar-refractivity contribution in [2.45, 2.75) is 0 Å². The molecule has 0 amide bonds. The van der Waals surface area contributed by atoms with Gasteiger partial charge in [-0.25, -0.2) is 0 Å². The first-order chi connectivity index (χ1) is 9.72. The molecule has 2 aromatic carbocycles. The summed E-state index contributed by atoms with van der Waals surface area (Å²) in [5.74, 6) is 0. The molecular weight excluding hydrogens is 248 g/mol. The molecule has 3 rings (SSSR count). The van der Waals surface area contributed by atoms with Gasteiger partial charge in [0.2, 0.25) is 0 Å². The van der Waals surface area contributed by atoms with E-state index in [1.807, 2.05) is 48.5 Å². The third-order valence-corrected chi connectivity index (χ3v) is 3.06. The van der Waals surface area contributed by atoms with Gasteiger partial charge in [0, 0.05) is 22.5 Å². The van der Waals surface area contributed by atoms with Crippen LogP contribution in [0.15, 0.2) is 60.9 Å². The Bertz CT molecular complexity index is 636. The number of hydrogen-bond donors (Lipinski definition) is 2. The Morgan fingerprint density at radius 2 is 0.900 bits per heavy atom. The lowest BCUT2D eigenvalue weighted by Crippen LogP contribution is -1.90. The Hall–Kier alpha value is -2.88. The lowest BCUT2D eigenvalue weighted by Gasteiger charge is -2.04. The second kappa shape index (κ2) is 5.01. The maximum absolute atomic E-state index is 5.67. The van der Waals surface area contributed by atoms with Crippen LogP contribution in [0, 0.1) is 0 Å². The molecule has 0 fully saturated rings. The minimum Gasteiger partial charge on any atom is -0.399 e. The summed E-state index contributed by atoms with van der Waals surface area (Å²) in [6, 6.07) is 15.1. The van der Waals surface area contributed by atoms with E-state index in [0.29, 0.717) is 0 Å². The highest BCUT2D eigenvalue weighted by atomic mass is 14.8. The number of nitrogen functional groups attached to an aromatic ring is 2. The zero-order valence-corrected chi connectivity index (χ0v) is 10.8. The Morgan fingerprint density at radius 1 is 0.550 bits per heavy atom. The lowest BCUT2D eigenvalue weighted by molar-refractivity contribution is 1.21. The number of nitrogens with two attached hydrogens (primary N) is 2. The van der Waals surface area contributed by atoms with Gasteiger partial charge in [0.05, 0.1) is 23.8 Å². The minimum absolute atomic E-state index is 0.736. The van der Waals surface area contributed by atoms with Crippen molar-refractivity contribution in [2.24, 2.45) is 0 Å². The number of nitrogens with zero attached hydrogens (tertiary/aromatic N) is 2. The van der Waals surface area contributed by atoms with Crippen LogP contribution in [-0.4, -0.2) is 9.97 Å². The molecule has 0 aliphatic carbocycles.